The number of hydrogen-bond donors (Lipinski definition) is 3. The van der Waals surface area contributed by atoms with E-state index < -0.39 is 42.4 Å². The van der Waals surface area contributed by atoms with E-state index in [1.165, 1.54) is 12.3 Å². The molecule has 0 amide bonds. The zero-order chi connectivity index (χ0) is 18.8. The van der Waals surface area contributed by atoms with Crippen molar-refractivity contribution in [2.24, 2.45) is 0 Å². The molecule has 3 N–H and O–H groups in total. The number of rotatable bonds is 5. The smallest absolute Gasteiger partial charge is 0.333 e. The van der Waals surface area contributed by atoms with Gasteiger partial charge in [0.05, 0.1) is 6.61 Å². The van der Waals surface area contributed by atoms with Gasteiger partial charge >= 0.3 is 5.69 Å². The molecule has 1 saturated heterocycles. The summed E-state index contributed by atoms with van der Waals surface area (Å²) in [5.74, 6) is 0. The van der Waals surface area contributed by atoms with Gasteiger partial charge in [-0.1, -0.05) is 23.7 Å². The van der Waals surface area contributed by atoms with Crippen molar-refractivity contribution in [3.63, 3.8) is 0 Å². The van der Waals surface area contributed by atoms with E-state index in [-0.39, 0.29) is 6.54 Å². The van der Waals surface area contributed by atoms with Gasteiger partial charge in [0.2, 0.25) is 0 Å². The highest BCUT2D eigenvalue weighted by Crippen LogP contribution is 2.27. The summed E-state index contributed by atoms with van der Waals surface area (Å²) < 4.78 is 7.44. The molecule has 9 heteroatoms. The van der Waals surface area contributed by atoms with E-state index in [1.807, 2.05) is 0 Å². The summed E-state index contributed by atoms with van der Waals surface area (Å²) in [6.45, 7) is -0.366. The second-order valence-corrected chi connectivity index (χ2v) is 6.54. The Morgan fingerprint density at radius 3 is 2.38 bits per heavy atom. The number of hydrogen-bond acceptors (Lipinski definition) is 6. The molecule has 0 bridgehead atoms. The quantitative estimate of drug-likeness (QED) is 0.643. The molecule has 140 valence electrons. The van der Waals surface area contributed by atoms with E-state index in [9.17, 15) is 19.8 Å². The van der Waals surface area contributed by atoms with Crippen LogP contribution in [-0.2, 0) is 17.7 Å². The van der Waals surface area contributed by atoms with E-state index in [0.717, 1.165) is 14.7 Å². The summed E-state index contributed by atoms with van der Waals surface area (Å²) in [6.07, 6.45) is -3.26. The van der Waals surface area contributed by atoms with Gasteiger partial charge in [-0.05, 0) is 24.1 Å². The monoisotopic (exact) mass is 382 g/mol. The molecule has 1 aliphatic rings. The number of aliphatic hydroxyl groups excluding tert-OH is 3. The maximum absolute atomic E-state index is 12.7. The second-order valence-electron chi connectivity index (χ2n) is 6.10. The van der Waals surface area contributed by atoms with Crippen LogP contribution in [-0.4, -0.2) is 49.4 Å². The summed E-state index contributed by atoms with van der Waals surface area (Å²) in [6, 6.07) is 8.25. The summed E-state index contributed by atoms with van der Waals surface area (Å²) in [5, 5.41) is 29.7. The lowest BCUT2D eigenvalue weighted by atomic mass is 10.1. The van der Waals surface area contributed by atoms with Gasteiger partial charge in [0.15, 0.2) is 6.23 Å². The molecule has 8 nitrogen and oxygen atoms in total. The zero-order valence-electron chi connectivity index (χ0n) is 13.7. The van der Waals surface area contributed by atoms with Crippen LogP contribution in [0.4, 0.5) is 0 Å². The van der Waals surface area contributed by atoms with Gasteiger partial charge in [0, 0.05) is 23.8 Å². The van der Waals surface area contributed by atoms with E-state index in [0.29, 0.717) is 11.4 Å². The van der Waals surface area contributed by atoms with Gasteiger partial charge < -0.3 is 20.1 Å². The van der Waals surface area contributed by atoms with Crippen LogP contribution < -0.4 is 11.2 Å². The lowest BCUT2D eigenvalue weighted by molar-refractivity contribution is -0.0556. The summed E-state index contributed by atoms with van der Waals surface area (Å²) in [5.41, 5.74) is -0.239. The average Bonchev–Trinajstić information content (AvgIpc) is 2.91. The summed E-state index contributed by atoms with van der Waals surface area (Å²) in [7, 11) is 0. The molecule has 3 rings (SSSR count). The van der Waals surface area contributed by atoms with E-state index in [4.69, 9.17) is 21.4 Å². The fourth-order valence-electron chi connectivity index (χ4n) is 2.93. The third-order valence-electron chi connectivity index (χ3n) is 4.42. The fourth-order valence-corrected chi connectivity index (χ4v) is 3.06. The number of benzene rings is 1. The Morgan fingerprint density at radius 2 is 1.77 bits per heavy atom. The normalized spacial score (nSPS) is 25.5. The van der Waals surface area contributed by atoms with E-state index >= 15 is 0 Å². The number of halogens is 1. The van der Waals surface area contributed by atoms with Gasteiger partial charge in [-0.2, -0.15) is 0 Å². The molecule has 26 heavy (non-hydrogen) atoms. The first kappa shape index (κ1) is 18.8. The number of aryl methyl sites for hydroxylation is 1. The van der Waals surface area contributed by atoms with Crippen LogP contribution in [0.25, 0.3) is 0 Å². The number of nitrogens with zero attached hydrogens (tertiary/aromatic N) is 2. The van der Waals surface area contributed by atoms with Gasteiger partial charge in [-0.3, -0.25) is 13.9 Å². The van der Waals surface area contributed by atoms with E-state index in [1.54, 1.807) is 24.3 Å². The van der Waals surface area contributed by atoms with Crippen molar-refractivity contribution in [1.29, 1.82) is 0 Å². The molecular formula is C17H19ClN2O6. The van der Waals surface area contributed by atoms with Crippen molar-refractivity contribution in [3.8, 4) is 0 Å². The molecular weight excluding hydrogens is 364 g/mol. The minimum absolute atomic E-state index is 0.134. The first-order chi connectivity index (χ1) is 12.4. The van der Waals surface area contributed by atoms with Gasteiger partial charge in [0.1, 0.15) is 18.3 Å². The topological polar surface area (TPSA) is 114 Å². The molecule has 1 fully saturated rings. The lowest BCUT2D eigenvalue weighted by Gasteiger charge is -2.18. The van der Waals surface area contributed by atoms with Gasteiger partial charge in [-0.15, -0.1) is 0 Å². The molecule has 2 heterocycles. The Hall–Kier alpha value is -1.97. The third-order valence-corrected chi connectivity index (χ3v) is 4.68. The molecule has 1 aromatic carbocycles. The van der Waals surface area contributed by atoms with Crippen molar-refractivity contribution in [2.75, 3.05) is 6.61 Å². The average molecular weight is 383 g/mol. The molecule has 0 aliphatic carbocycles. The van der Waals surface area contributed by atoms with Crippen molar-refractivity contribution < 1.29 is 20.1 Å². The SMILES string of the molecule is O=c1ccn([C@@H]2O[C@H](CO)[C@H](O)[C@@H]2O)c(=O)n1CCc1ccc(Cl)cc1. The largest absolute Gasteiger partial charge is 0.394 e. The van der Waals surface area contributed by atoms with Crippen molar-refractivity contribution in [3.05, 3.63) is 68.0 Å². The standard InChI is InChI=1S/C17H19ClN2O6/c18-11-3-1-10(2-4-11)5-7-19-13(22)6-8-20(17(19)25)16-15(24)14(23)12(9-21)26-16/h1-4,6,8,12,14-16,21,23-24H,5,7,9H2/t12-,14+,15+,16-/m1/s1. The molecule has 0 spiro atoms. The molecule has 0 unspecified atom stereocenters. The van der Waals surface area contributed by atoms with Crippen LogP contribution in [0.5, 0.6) is 0 Å². The van der Waals surface area contributed by atoms with Crippen LogP contribution in [0, 0.1) is 0 Å². The highest BCUT2D eigenvalue weighted by molar-refractivity contribution is 6.30. The number of aliphatic hydroxyl groups is 3. The molecule has 0 radical (unpaired) electrons. The molecule has 1 aliphatic heterocycles. The van der Waals surface area contributed by atoms with Crippen LogP contribution in [0.3, 0.4) is 0 Å². The van der Waals surface area contributed by atoms with Crippen LogP contribution in [0.2, 0.25) is 5.02 Å². The van der Waals surface area contributed by atoms with Gasteiger partial charge in [-0.25, -0.2) is 4.79 Å². The lowest BCUT2D eigenvalue weighted by Crippen LogP contribution is -2.43. The number of aromatic nitrogens is 2. The predicted octanol–water partition coefficient (Wildman–Crippen LogP) is -0.482. The Bertz CT molecular complexity index is 878. The van der Waals surface area contributed by atoms with Crippen molar-refractivity contribution in [1.82, 2.24) is 9.13 Å². The van der Waals surface area contributed by atoms with Crippen LogP contribution >= 0.6 is 11.6 Å². The first-order valence-corrected chi connectivity index (χ1v) is 8.49. The highest BCUT2D eigenvalue weighted by atomic mass is 35.5. The molecule has 4 atom stereocenters. The minimum Gasteiger partial charge on any atom is -0.394 e. The first-order valence-electron chi connectivity index (χ1n) is 8.11. The minimum atomic E-state index is -1.40. The van der Waals surface area contributed by atoms with Crippen molar-refractivity contribution >= 4 is 11.6 Å². The maximum Gasteiger partial charge on any atom is 0.333 e. The summed E-state index contributed by atoms with van der Waals surface area (Å²) >= 11 is 5.84. The molecule has 2 aromatic rings. The third kappa shape index (κ3) is 3.60. The van der Waals surface area contributed by atoms with Crippen LogP contribution in [0.15, 0.2) is 46.1 Å². The Labute approximate surface area is 153 Å². The predicted molar refractivity (Wildman–Crippen MR) is 93.1 cm³/mol. The van der Waals surface area contributed by atoms with Crippen molar-refractivity contribution in [2.45, 2.75) is 37.5 Å². The summed E-state index contributed by atoms with van der Waals surface area (Å²) in [4.78, 5) is 24.8. The Kier molecular flexibility index (Phi) is 5.59. The Morgan fingerprint density at radius 1 is 1.08 bits per heavy atom. The molecule has 0 saturated carbocycles. The Balaban J connectivity index is 1.86. The van der Waals surface area contributed by atoms with E-state index in [2.05, 4.69) is 0 Å². The van der Waals surface area contributed by atoms with Crippen LogP contribution in [0.1, 0.15) is 11.8 Å². The molecule has 1 aromatic heterocycles. The highest BCUT2D eigenvalue weighted by Gasteiger charge is 2.43. The maximum atomic E-state index is 12.7. The zero-order valence-corrected chi connectivity index (χ0v) is 14.5. The fraction of sp³-hybridized carbons (Fsp3) is 0.412. The number of ether oxygens (including phenoxy) is 1. The second kappa shape index (κ2) is 7.73. The van der Waals surface area contributed by atoms with Gasteiger partial charge in [0.25, 0.3) is 5.56 Å².